The summed E-state index contributed by atoms with van der Waals surface area (Å²) in [5.41, 5.74) is 0.451. The fourth-order valence-electron chi connectivity index (χ4n) is 1.42. The molecule has 0 radical (unpaired) electrons. The van der Waals surface area contributed by atoms with Crippen molar-refractivity contribution in [1.82, 2.24) is 5.32 Å². The number of halogens is 1. The van der Waals surface area contributed by atoms with Gasteiger partial charge in [0.1, 0.15) is 0 Å². The lowest BCUT2D eigenvalue weighted by atomic mass is 10.2. The Balaban J connectivity index is 2.67. The van der Waals surface area contributed by atoms with Crippen LogP contribution in [0.4, 0.5) is 10.5 Å². The molecule has 1 unspecified atom stereocenters. The van der Waals surface area contributed by atoms with Gasteiger partial charge in [0.15, 0.2) is 0 Å². The van der Waals surface area contributed by atoms with E-state index >= 15 is 0 Å². The van der Waals surface area contributed by atoms with Crippen LogP contribution >= 0.6 is 23.4 Å². The fourth-order valence-corrected chi connectivity index (χ4v) is 2.23. The molecule has 0 fully saturated rings. The summed E-state index contributed by atoms with van der Waals surface area (Å²) in [6, 6.07) is 3.81. The molecule has 0 aromatic heterocycles. The molecule has 3 N–H and O–H groups in total. The van der Waals surface area contributed by atoms with Crippen molar-refractivity contribution in [2.45, 2.75) is 13.0 Å². The number of carbonyl (C=O) groups excluding carboxylic acids is 1. The molecule has 0 saturated carbocycles. The summed E-state index contributed by atoms with van der Waals surface area (Å²) < 4.78 is 0. The van der Waals surface area contributed by atoms with E-state index in [4.69, 9.17) is 16.7 Å². The lowest BCUT2D eigenvalue weighted by molar-refractivity contribution is 0.0697. The minimum atomic E-state index is -1.06. The van der Waals surface area contributed by atoms with Crippen LogP contribution in [0.15, 0.2) is 18.2 Å². The molecule has 104 valence electrons. The van der Waals surface area contributed by atoms with Crippen LogP contribution in [0.2, 0.25) is 5.02 Å². The van der Waals surface area contributed by atoms with Gasteiger partial charge >= 0.3 is 12.0 Å². The van der Waals surface area contributed by atoms with Gasteiger partial charge in [-0.3, -0.25) is 0 Å². The summed E-state index contributed by atoms with van der Waals surface area (Å²) in [5, 5.41) is 14.3. The molecule has 1 aromatic rings. The molecule has 5 nitrogen and oxygen atoms in total. The van der Waals surface area contributed by atoms with Gasteiger partial charge in [-0.1, -0.05) is 11.6 Å². The molecule has 0 bridgehead atoms. The van der Waals surface area contributed by atoms with Crippen LogP contribution in [0.5, 0.6) is 0 Å². The van der Waals surface area contributed by atoms with Gasteiger partial charge in [-0.05, 0) is 31.4 Å². The van der Waals surface area contributed by atoms with E-state index in [0.29, 0.717) is 5.69 Å². The molecule has 2 amide bonds. The Kier molecular flexibility index (Phi) is 5.98. The van der Waals surface area contributed by atoms with Crippen molar-refractivity contribution >= 4 is 41.1 Å². The summed E-state index contributed by atoms with van der Waals surface area (Å²) in [6.45, 7) is 1.89. The summed E-state index contributed by atoms with van der Waals surface area (Å²) in [6.07, 6.45) is 1.96. The van der Waals surface area contributed by atoms with E-state index in [2.05, 4.69) is 10.6 Å². The number of aromatic carboxylic acids is 1. The van der Waals surface area contributed by atoms with Gasteiger partial charge in [0.2, 0.25) is 0 Å². The summed E-state index contributed by atoms with van der Waals surface area (Å²) in [4.78, 5) is 22.4. The molecule has 7 heteroatoms. The van der Waals surface area contributed by atoms with E-state index in [9.17, 15) is 9.59 Å². The van der Waals surface area contributed by atoms with Gasteiger partial charge in [-0.15, -0.1) is 0 Å². The normalized spacial score (nSPS) is 11.7. The molecule has 0 saturated heterocycles. The van der Waals surface area contributed by atoms with E-state index < -0.39 is 5.97 Å². The highest BCUT2D eigenvalue weighted by Gasteiger charge is 2.11. The number of nitrogens with one attached hydrogen (secondary N) is 2. The Labute approximate surface area is 120 Å². The van der Waals surface area contributed by atoms with Crippen molar-refractivity contribution in [3.8, 4) is 0 Å². The zero-order valence-electron chi connectivity index (χ0n) is 10.6. The Hall–Kier alpha value is -1.40. The molecule has 0 spiro atoms. The second kappa shape index (κ2) is 7.25. The molecule has 1 rings (SSSR count). The largest absolute Gasteiger partial charge is 0.478 e. The van der Waals surface area contributed by atoms with Crippen molar-refractivity contribution in [2.75, 3.05) is 17.3 Å². The van der Waals surface area contributed by atoms with Crippen molar-refractivity contribution in [2.24, 2.45) is 0 Å². The zero-order chi connectivity index (χ0) is 14.4. The highest BCUT2D eigenvalue weighted by Crippen LogP contribution is 2.23. The summed E-state index contributed by atoms with van der Waals surface area (Å²) in [5.74, 6) is -0.259. The molecule has 0 heterocycles. The maximum atomic E-state index is 11.7. The maximum absolute atomic E-state index is 11.7. The number of rotatable bonds is 5. The fraction of sp³-hybridized carbons (Fsp3) is 0.333. The van der Waals surface area contributed by atoms with Crippen LogP contribution < -0.4 is 10.6 Å². The topological polar surface area (TPSA) is 78.4 Å². The van der Waals surface area contributed by atoms with Crippen LogP contribution in [0, 0.1) is 0 Å². The van der Waals surface area contributed by atoms with Crippen LogP contribution in [-0.4, -0.2) is 35.2 Å². The third kappa shape index (κ3) is 5.00. The van der Waals surface area contributed by atoms with Crippen molar-refractivity contribution < 1.29 is 14.7 Å². The molecular weight excluding hydrogens is 288 g/mol. The summed E-state index contributed by atoms with van der Waals surface area (Å²) >= 11 is 7.54. The quantitative estimate of drug-likeness (QED) is 0.781. The predicted octanol–water partition coefficient (Wildman–Crippen LogP) is 2.91. The van der Waals surface area contributed by atoms with E-state index in [0.717, 1.165) is 5.75 Å². The average molecular weight is 303 g/mol. The Bertz CT molecular complexity index is 482. The highest BCUT2D eigenvalue weighted by atomic mass is 35.5. The highest BCUT2D eigenvalue weighted by molar-refractivity contribution is 7.98. The summed E-state index contributed by atoms with van der Waals surface area (Å²) in [7, 11) is 0. The third-order valence-corrected chi connectivity index (χ3v) is 3.40. The lowest BCUT2D eigenvalue weighted by Crippen LogP contribution is -2.37. The number of hydrogen-bond acceptors (Lipinski definition) is 3. The second-order valence-electron chi connectivity index (χ2n) is 3.95. The number of carboxylic acids is 1. The van der Waals surface area contributed by atoms with Crippen LogP contribution in [0.1, 0.15) is 17.3 Å². The standard InChI is InChI=1S/C12H15ClN2O3S/c1-7(6-19-2)14-12(18)15-10-4-3-8(11(16)17)5-9(10)13/h3-5,7H,6H2,1-2H3,(H,16,17)(H2,14,15,18). The van der Waals surface area contributed by atoms with Crippen molar-refractivity contribution in [1.29, 1.82) is 0 Å². The molecule has 19 heavy (non-hydrogen) atoms. The van der Waals surface area contributed by atoms with Gasteiger partial charge < -0.3 is 15.7 Å². The van der Waals surface area contributed by atoms with E-state index in [-0.39, 0.29) is 22.7 Å². The first-order chi connectivity index (χ1) is 8.93. The number of amides is 2. The Morgan fingerprint density at radius 3 is 2.68 bits per heavy atom. The zero-order valence-corrected chi connectivity index (χ0v) is 12.1. The molecule has 1 aromatic carbocycles. The van der Waals surface area contributed by atoms with Gasteiger partial charge in [0.25, 0.3) is 0 Å². The van der Waals surface area contributed by atoms with E-state index in [1.165, 1.54) is 18.2 Å². The number of anilines is 1. The smallest absolute Gasteiger partial charge is 0.335 e. The Morgan fingerprint density at radius 1 is 1.47 bits per heavy atom. The first kappa shape index (κ1) is 15.7. The maximum Gasteiger partial charge on any atom is 0.335 e. The van der Waals surface area contributed by atoms with Crippen LogP contribution in [0.3, 0.4) is 0 Å². The van der Waals surface area contributed by atoms with Crippen molar-refractivity contribution in [3.63, 3.8) is 0 Å². The minimum Gasteiger partial charge on any atom is -0.478 e. The number of hydrogen-bond donors (Lipinski definition) is 3. The molecule has 0 aliphatic rings. The third-order valence-electron chi connectivity index (χ3n) is 2.26. The SMILES string of the molecule is CSCC(C)NC(=O)Nc1ccc(C(=O)O)cc1Cl. The minimum absolute atomic E-state index is 0.0343. The van der Waals surface area contributed by atoms with Gasteiger partial charge in [0, 0.05) is 11.8 Å². The molecular formula is C12H15ClN2O3S. The second-order valence-corrected chi connectivity index (χ2v) is 5.27. The number of urea groups is 1. The number of carbonyl (C=O) groups is 2. The van der Waals surface area contributed by atoms with E-state index in [1.807, 2.05) is 13.2 Å². The first-order valence-corrected chi connectivity index (χ1v) is 7.30. The number of thioether (sulfide) groups is 1. The molecule has 0 aliphatic heterocycles. The van der Waals surface area contributed by atoms with Gasteiger partial charge in [0.05, 0.1) is 16.3 Å². The number of carboxylic acid groups (broad SMARTS) is 1. The molecule has 0 aliphatic carbocycles. The van der Waals surface area contributed by atoms with Gasteiger partial charge in [-0.2, -0.15) is 11.8 Å². The first-order valence-electron chi connectivity index (χ1n) is 5.53. The molecule has 1 atom stereocenters. The van der Waals surface area contributed by atoms with Crippen molar-refractivity contribution in [3.05, 3.63) is 28.8 Å². The lowest BCUT2D eigenvalue weighted by Gasteiger charge is -2.14. The van der Waals surface area contributed by atoms with Gasteiger partial charge in [-0.25, -0.2) is 9.59 Å². The van der Waals surface area contributed by atoms with E-state index in [1.54, 1.807) is 11.8 Å². The number of benzene rings is 1. The Morgan fingerprint density at radius 2 is 2.16 bits per heavy atom. The van der Waals surface area contributed by atoms with Crippen LogP contribution in [0.25, 0.3) is 0 Å². The monoisotopic (exact) mass is 302 g/mol. The predicted molar refractivity (Wildman–Crippen MR) is 78.4 cm³/mol. The average Bonchev–Trinajstić information content (AvgIpc) is 2.31. The van der Waals surface area contributed by atoms with Crippen LogP contribution in [-0.2, 0) is 0 Å².